The zero-order valence-corrected chi connectivity index (χ0v) is 27.3. The number of rotatable bonds is 3. The Kier molecular flexibility index (Phi) is 13.3. The highest BCUT2D eigenvalue weighted by Gasteiger charge is 2.51. The molecule has 0 unspecified atom stereocenters. The molecular weight excluding hydrogens is 630 g/mol. The van der Waals surface area contributed by atoms with Gasteiger partial charge in [0.05, 0.1) is 48.8 Å². The largest absolute Gasteiger partial charge is 0.481 e. The lowest BCUT2D eigenvalue weighted by Crippen LogP contribution is -2.61. The van der Waals surface area contributed by atoms with Crippen molar-refractivity contribution in [1.82, 2.24) is 0 Å². The summed E-state index contributed by atoms with van der Waals surface area (Å²) in [5, 5.41) is 64.1. The molecule has 0 spiro atoms. The summed E-state index contributed by atoms with van der Waals surface area (Å²) in [6.07, 6.45) is 4.79. The lowest BCUT2D eigenvalue weighted by Gasteiger charge is -2.45. The molecule has 3 saturated heterocycles. The van der Waals surface area contributed by atoms with Crippen molar-refractivity contribution < 1.29 is 63.9 Å². The number of epoxide rings is 1. The summed E-state index contributed by atoms with van der Waals surface area (Å²) >= 11 is 0. The van der Waals surface area contributed by atoms with E-state index in [0.29, 0.717) is 0 Å². The van der Waals surface area contributed by atoms with Crippen molar-refractivity contribution >= 4 is 11.9 Å². The second-order valence-electron chi connectivity index (χ2n) is 13.0. The number of carbonyl (C=O) groups excluding carboxylic acids is 1. The second kappa shape index (κ2) is 16.8. The molecule has 2 bridgehead atoms. The van der Waals surface area contributed by atoms with Crippen LogP contribution in [0.3, 0.4) is 0 Å². The van der Waals surface area contributed by atoms with Crippen LogP contribution in [0.15, 0.2) is 60.8 Å². The number of fused-ring (bicyclic) bond motifs is 3. The molecule has 0 aromatic rings. The third-order valence-corrected chi connectivity index (χ3v) is 9.11. The summed E-state index contributed by atoms with van der Waals surface area (Å²) in [6.45, 7) is 5.27. The first kappa shape index (κ1) is 38.0. The van der Waals surface area contributed by atoms with Gasteiger partial charge in [0.25, 0.3) is 0 Å². The van der Waals surface area contributed by atoms with Crippen LogP contribution >= 0.6 is 0 Å². The maximum Gasteiger partial charge on any atom is 0.330 e. The summed E-state index contributed by atoms with van der Waals surface area (Å²) in [6, 6.07) is -1.08. The van der Waals surface area contributed by atoms with E-state index in [9.17, 15) is 40.2 Å². The van der Waals surface area contributed by atoms with Gasteiger partial charge in [-0.3, -0.25) is 4.79 Å². The first-order valence-corrected chi connectivity index (χ1v) is 16.3. The molecule has 0 radical (unpaired) electrons. The van der Waals surface area contributed by atoms with E-state index >= 15 is 0 Å². The van der Waals surface area contributed by atoms with Gasteiger partial charge in [-0.2, -0.15) is 0 Å². The van der Waals surface area contributed by atoms with Gasteiger partial charge in [0.1, 0.15) is 24.2 Å². The Bertz CT molecular complexity index is 1250. The highest BCUT2D eigenvalue weighted by molar-refractivity contribution is 5.82. The molecule has 0 aliphatic carbocycles. The summed E-state index contributed by atoms with van der Waals surface area (Å²) < 4.78 is 28.7. The number of aliphatic hydroxyl groups excluding tert-OH is 4. The first-order chi connectivity index (χ1) is 22.7. The predicted octanol–water partition coefficient (Wildman–Crippen LogP) is 0.366. The van der Waals surface area contributed by atoms with Crippen molar-refractivity contribution in [3.05, 3.63) is 60.8 Å². The highest BCUT2D eigenvalue weighted by Crippen LogP contribution is 2.39. The quantitative estimate of drug-likeness (QED) is 0.158. The zero-order valence-electron chi connectivity index (χ0n) is 27.3. The maximum atomic E-state index is 12.3. The Labute approximate surface area is 279 Å². The Hall–Kier alpha value is -2.76. The Morgan fingerprint density at radius 2 is 1.54 bits per heavy atom. The normalized spacial score (nSPS) is 48.1. The lowest BCUT2D eigenvalue weighted by molar-refractivity contribution is -0.308. The van der Waals surface area contributed by atoms with Gasteiger partial charge in [-0.1, -0.05) is 55.5 Å². The summed E-state index contributed by atoms with van der Waals surface area (Å²) in [4.78, 5) is 24.6. The van der Waals surface area contributed by atoms with Crippen LogP contribution in [0.25, 0.3) is 0 Å². The Morgan fingerprint density at radius 1 is 0.875 bits per heavy atom. The molecule has 268 valence electrons. The van der Waals surface area contributed by atoms with Crippen molar-refractivity contribution in [1.29, 1.82) is 0 Å². The number of aliphatic hydroxyl groups is 5. The number of hydrogen-bond donors (Lipinski definition) is 7. The smallest absolute Gasteiger partial charge is 0.330 e. The average molecular weight is 680 g/mol. The van der Waals surface area contributed by atoms with Crippen molar-refractivity contribution in [2.75, 3.05) is 0 Å². The number of carboxylic acid groups (broad SMARTS) is 1. The van der Waals surface area contributed by atoms with E-state index in [1.807, 2.05) is 19.1 Å². The van der Waals surface area contributed by atoms with Crippen LogP contribution < -0.4 is 5.73 Å². The van der Waals surface area contributed by atoms with Crippen LogP contribution in [0.1, 0.15) is 46.5 Å². The maximum absolute atomic E-state index is 12.3. The Balaban J connectivity index is 1.60. The minimum Gasteiger partial charge on any atom is -0.481 e. The third kappa shape index (κ3) is 10.4. The van der Waals surface area contributed by atoms with E-state index < -0.39 is 103 Å². The fraction of sp³-hybridized carbons (Fsp3) is 0.647. The van der Waals surface area contributed by atoms with Crippen molar-refractivity contribution in [3.63, 3.8) is 0 Å². The van der Waals surface area contributed by atoms with Gasteiger partial charge in [-0.05, 0) is 19.9 Å². The number of esters is 1. The van der Waals surface area contributed by atoms with E-state index in [4.69, 9.17) is 29.4 Å². The monoisotopic (exact) mass is 679 g/mol. The third-order valence-electron chi connectivity index (χ3n) is 9.11. The van der Waals surface area contributed by atoms with Gasteiger partial charge < -0.3 is 60.1 Å². The van der Waals surface area contributed by atoms with Crippen LogP contribution in [0.5, 0.6) is 0 Å². The van der Waals surface area contributed by atoms with E-state index in [1.54, 1.807) is 56.4 Å². The number of cyclic esters (lactones) is 1. The van der Waals surface area contributed by atoms with Gasteiger partial charge in [0.2, 0.25) is 0 Å². The molecule has 4 rings (SSSR count). The SMILES string of the molecule is C[C@H]1/C=C/C=C/C=C/C=C/[C@H](O[C@@H]2O[C@H](C)[C@@H](O)[C@H](N)[C@@H]2O)C[C@@H]2O[C@](O)(C[C@@H](O)C[C@H]3O[C@@H]3/C=C/C(=O)O[C@@H]1C)C[C@H](O)[C@H]2C(=O)O. The molecule has 48 heavy (non-hydrogen) atoms. The van der Waals surface area contributed by atoms with Gasteiger partial charge in [-0.25, -0.2) is 4.79 Å². The molecule has 0 aromatic heterocycles. The molecule has 0 amide bonds. The molecule has 15 atom stereocenters. The summed E-state index contributed by atoms with van der Waals surface area (Å²) in [7, 11) is 0. The number of ether oxygens (including phenoxy) is 5. The van der Waals surface area contributed by atoms with Gasteiger partial charge in [0, 0.05) is 37.7 Å². The fourth-order valence-electron chi connectivity index (χ4n) is 6.10. The van der Waals surface area contributed by atoms with Crippen molar-refractivity contribution in [2.45, 2.75) is 126 Å². The summed E-state index contributed by atoms with van der Waals surface area (Å²) in [5.41, 5.74) is 5.98. The van der Waals surface area contributed by atoms with Crippen LogP contribution in [0.2, 0.25) is 0 Å². The van der Waals surface area contributed by atoms with E-state index in [-0.39, 0.29) is 25.2 Å². The van der Waals surface area contributed by atoms with Gasteiger partial charge in [-0.15, -0.1) is 0 Å². The topological polar surface area (TPSA) is 231 Å². The molecule has 3 fully saturated rings. The van der Waals surface area contributed by atoms with Crippen molar-refractivity contribution in [3.8, 4) is 0 Å². The van der Waals surface area contributed by atoms with Gasteiger partial charge >= 0.3 is 11.9 Å². The van der Waals surface area contributed by atoms with Crippen LogP contribution in [0.4, 0.5) is 0 Å². The molecule has 0 saturated carbocycles. The Morgan fingerprint density at radius 3 is 2.23 bits per heavy atom. The van der Waals surface area contributed by atoms with E-state index in [0.717, 1.165) is 0 Å². The minimum absolute atomic E-state index is 0.0747. The molecule has 0 aromatic carbocycles. The van der Waals surface area contributed by atoms with Crippen LogP contribution in [-0.2, 0) is 33.3 Å². The van der Waals surface area contributed by atoms with E-state index in [1.165, 1.54) is 6.08 Å². The van der Waals surface area contributed by atoms with Gasteiger partial charge in [0.15, 0.2) is 12.1 Å². The number of carbonyl (C=O) groups is 2. The highest BCUT2D eigenvalue weighted by atomic mass is 16.7. The summed E-state index contributed by atoms with van der Waals surface area (Å²) in [5.74, 6) is -5.53. The second-order valence-corrected chi connectivity index (χ2v) is 13.0. The number of hydrogen-bond acceptors (Lipinski definition) is 13. The molecule has 4 heterocycles. The average Bonchev–Trinajstić information content (AvgIpc) is 3.74. The van der Waals surface area contributed by atoms with Crippen LogP contribution in [-0.4, -0.2) is 122 Å². The molecular formula is C34H49NO13. The van der Waals surface area contributed by atoms with E-state index in [2.05, 4.69) is 0 Å². The molecule has 4 aliphatic heterocycles. The molecule has 8 N–H and O–H groups in total. The lowest BCUT2D eigenvalue weighted by atomic mass is 9.83. The zero-order chi connectivity index (χ0) is 35.2. The standard InChI is InChI=1S/C34H49NO13/c1-18-10-8-6-4-5-7-9-11-22(46-33-31(40)29(35)30(39)20(3)45-33)15-26-28(32(41)42)23(37)17-34(43,48-26)16-21(36)14-25-24(47-25)12-13-27(38)44-19(18)2/h4-13,18-26,28-31,33,36-37,39-40,43H,14-17,35H2,1-3H3,(H,41,42)/b6-4+,7-5+,10-8+,11-9+,13-12+/t18-,19+,20+,21-,22-,23-,24+,25+,26-,28+,29-,30+,31-,33-,34+/m0/s1. The number of carboxylic acids is 1. The molecule has 14 heteroatoms. The fourth-order valence-corrected chi connectivity index (χ4v) is 6.10. The minimum atomic E-state index is -2.10. The van der Waals surface area contributed by atoms with Crippen molar-refractivity contribution in [2.24, 2.45) is 17.6 Å². The number of nitrogens with two attached hydrogens (primary N) is 1. The molecule has 14 nitrogen and oxygen atoms in total. The first-order valence-electron chi connectivity index (χ1n) is 16.3. The van der Waals surface area contributed by atoms with Crippen LogP contribution in [0, 0.1) is 11.8 Å². The number of allylic oxidation sites excluding steroid dienone is 6. The number of aliphatic carboxylic acids is 1. The predicted molar refractivity (Wildman–Crippen MR) is 170 cm³/mol. The molecule has 4 aliphatic rings.